The maximum Gasteiger partial charge on any atom is 0.268 e. The van der Waals surface area contributed by atoms with E-state index in [2.05, 4.69) is 25.8 Å². The molecule has 19 heavy (non-hydrogen) atoms. The van der Waals surface area contributed by atoms with Crippen molar-refractivity contribution in [3.8, 4) is 0 Å². The zero-order chi connectivity index (χ0) is 13.2. The smallest absolute Gasteiger partial charge is 0.268 e. The molecule has 0 bridgehead atoms. The van der Waals surface area contributed by atoms with E-state index in [4.69, 9.17) is 0 Å². The number of nitrogens with zero attached hydrogens (tertiary/aromatic N) is 1. The minimum absolute atomic E-state index is 0.0125. The summed E-state index contributed by atoms with van der Waals surface area (Å²) in [6.45, 7) is 0.563. The lowest BCUT2D eigenvalue weighted by molar-refractivity contribution is 0.0941. The number of carbonyl (C=O) groups is 1. The number of carbonyl (C=O) groups excluding carboxylic acids is 1. The number of nitrogens with one attached hydrogen (secondary N) is 1. The van der Waals surface area contributed by atoms with Gasteiger partial charge in [0.2, 0.25) is 0 Å². The topological polar surface area (TPSA) is 34.0 Å². The molecule has 1 aliphatic rings. The second kappa shape index (κ2) is 5.21. The maximum absolute atomic E-state index is 12.2. The van der Waals surface area contributed by atoms with E-state index in [9.17, 15) is 4.79 Å². The zero-order valence-corrected chi connectivity index (χ0v) is 12.1. The molecule has 1 aliphatic carbocycles. The third-order valence-electron chi connectivity index (χ3n) is 3.28. The largest absolute Gasteiger partial charge is 0.347 e. The van der Waals surface area contributed by atoms with Gasteiger partial charge in [0.25, 0.3) is 5.91 Å². The van der Waals surface area contributed by atoms with E-state index in [0.717, 1.165) is 15.7 Å². The predicted molar refractivity (Wildman–Crippen MR) is 78.0 cm³/mol. The fraction of sp³-hybridized carbons (Fsp3) is 0.267. The number of hydrogen-bond acceptors (Lipinski definition) is 1. The number of rotatable bonds is 4. The third-order valence-corrected chi connectivity index (χ3v) is 3.72. The van der Waals surface area contributed by atoms with Crippen molar-refractivity contribution in [3.63, 3.8) is 0 Å². The van der Waals surface area contributed by atoms with Gasteiger partial charge < -0.3 is 9.88 Å². The van der Waals surface area contributed by atoms with Crippen LogP contribution in [0.2, 0.25) is 0 Å². The lowest BCUT2D eigenvalue weighted by Crippen LogP contribution is -2.25. The van der Waals surface area contributed by atoms with Crippen LogP contribution in [0.1, 0.15) is 34.9 Å². The Morgan fingerprint density at radius 2 is 2.05 bits per heavy atom. The van der Waals surface area contributed by atoms with Crippen molar-refractivity contribution in [2.24, 2.45) is 0 Å². The molecule has 0 unspecified atom stereocenters. The average Bonchev–Trinajstić information content (AvgIpc) is 3.20. The summed E-state index contributed by atoms with van der Waals surface area (Å²) in [7, 11) is 0. The Bertz CT molecular complexity index is 587. The fourth-order valence-corrected chi connectivity index (χ4v) is 2.59. The maximum atomic E-state index is 12.2. The summed E-state index contributed by atoms with van der Waals surface area (Å²) in [6, 6.07) is 12.3. The number of benzene rings is 1. The normalized spacial score (nSPS) is 14.4. The molecular formula is C15H15BrN2O. The molecule has 1 N–H and O–H groups in total. The van der Waals surface area contributed by atoms with Gasteiger partial charge in [-0.05, 0) is 40.4 Å². The van der Waals surface area contributed by atoms with Crippen LogP contribution in [0.4, 0.5) is 0 Å². The Balaban J connectivity index is 1.70. The Hall–Kier alpha value is -1.55. The molecule has 0 saturated heterocycles. The molecule has 0 aliphatic heterocycles. The Labute approximate surface area is 120 Å². The number of hydrogen-bond donors (Lipinski definition) is 1. The second-order valence-corrected chi connectivity index (χ2v) is 5.77. The van der Waals surface area contributed by atoms with Gasteiger partial charge in [0.1, 0.15) is 5.69 Å². The monoisotopic (exact) mass is 318 g/mol. The first-order valence-electron chi connectivity index (χ1n) is 6.43. The van der Waals surface area contributed by atoms with E-state index in [-0.39, 0.29) is 5.91 Å². The molecule has 3 nitrogen and oxygen atoms in total. The molecule has 1 aromatic heterocycles. The van der Waals surface area contributed by atoms with Gasteiger partial charge in [0.05, 0.1) is 0 Å². The molecule has 0 radical (unpaired) electrons. The van der Waals surface area contributed by atoms with Crippen molar-refractivity contribution in [2.45, 2.75) is 25.4 Å². The summed E-state index contributed by atoms with van der Waals surface area (Å²) < 4.78 is 3.04. The summed E-state index contributed by atoms with van der Waals surface area (Å²) in [4.78, 5) is 12.2. The molecule has 1 amide bonds. The van der Waals surface area contributed by atoms with Crippen molar-refractivity contribution in [1.82, 2.24) is 9.88 Å². The number of halogens is 1. The van der Waals surface area contributed by atoms with E-state index >= 15 is 0 Å². The van der Waals surface area contributed by atoms with E-state index in [0.29, 0.717) is 12.6 Å². The van der Waals surface area contributed by atoms with Gasteiger partial charge >= 0.3 is 0 Å². The van der Waals surface area contributed by atoms with Gasteiger partial charge in [-0.1, -0.05) is 30.3 Å². The van der Waals surface area contributed by atoms with E-state index in [1.54, 1.807) is 0 Å². The predicted octanol–water partition coefficient (Wildman–Crippen LogP) is 3.52. The first kappa shape index (κ1) is 12.5. The molecule has 98 valence electrons. The lowest BCUT2D eigenvalue weighted by atomic mass is 10.2. The van der Waals surface area contributed by atoms with Crippen LogP contribution in [0.3, 0.4) is 0 Å². The first-order valence-corrected chi connectivity index (χ1v) is 7.23. The minimum atomic E-state index is -0.0125. The van der Waals surface area contributed by atoms with Gasteiger partial charge in [-0.15, -0.1) is 0 Å². The highest BCUT2D eigenvalue weighted by Crippen LogP contribution is 2.37. The quantitative estimate of drug-likeness (QED) is 0.919. The van der Waals surface area contributed by atoms with Crippen molar-refractivity contribution < 1.29 is 4.79 Å². The summed E-state index contributed by atoms with van der Waals surface area (Å²) in [5.41, 5.74) is 1.85. The van der Waals surface area contributed by atoms with Crippen LogP contribution in [-0.2, 0) is 6.54 Å². The molecule has 3 rings (SSSR count). The van der Waals surface area contributed by atoms with E-state index in [1.165, 1.54) is 12.8 Å². The van der Waals surface area contributed by atoms with Gasteiger partial charge in [-0.25, -0.2) is 0 Å². The van der Waals surface area contributed by atoms with Crippen LogP contribution < -0.4 is 5.32 Å². The van der Waals surface area contributed by atoms with Gasteiger partial charge in [0.15, 0.2) is 0 Å². The molecule has 4 heteroatoms. The second-order valence-electron chi connectivity index (χ2n) is 4.85. The highest BCUT2D eigenvalue weighted by Gasteiger charge is 2.27. The lowest BCUT2D eigenvalue weighted by Gasteiger charge is -2.08. The number of aromatic nitrogens is 1. The zero-order valence-electron chi connectivity index (χ0n) is 10.5. The van der Waals surface area contributed by atoms with Crippen LogP contribution in [0.25, 0.3) is 0 Å². The van der Waals surface area contributed by atoms with Crippen molar-refractivity contribution >= 4 is 21.8 Å². The van der Waals surface area contributed by atoms with Gasteiger partial charge in [-0.2, -0.15) is 0 Å². The first-order chi connectivity index (χ1) is 9.24. The van der Waals surface area contributed by atoms with Crippen molar-refractivity contribution in [2.75, 3.05) is 0 Å². The molecule has 1 saturated carbocycles. The highest BCUT2D eigenvalue weighted by atomic mass is 79.9. The highest BCUT2D eigenvalue weighted by molar-refractivity contribution is 9.10. The molecule has 1 fully saturated rings. The van der Waals surface area contributed by atoms with Crippen LogP contribution in [-0.4, -0.2) is 10.5 Å². The van der Waals surface area contributed by atoms with Gasteiger partial charge in [-0.3, -0.25) is 4.79 Å². The van der Waals surface area contributed by atoms with Crippen LogP contribution in [0, 0.1) is 0 Å². The molecule has 0 spiro atoms. The Kier molecular flexibility index (Phi) is 3.42. The SMILES string of the molecule is O=C(NCc1ccccc1)c1cc(Br)cn1C1CC1. The minimum Gasteiger partial charge on any atom is -0.347 e. The third kappa shape index (κ3) is 2.89. The molecule has 1 heterocycles. The van der Waals surface area contributed by atoms with Gasteiger partial charge in [0, 0.05) is 23.3 Å². The van der Waals surface area contributed by atoms with E-state index < -0.39 is 0 Å². The van der Waals surface area contributed by atoms with Crippen LogP contribution in [0.15, 0.2) is 47.1 Å². The molecule has 2 aromatic rings. The Morgan fingerprint density at radius 3 is 2.74 bits per heavy atom. The summed E-state index contributed by atoms with van der Waals surface area (Å²) in [6.07, 6.45) is 4.33. The summed E-state index contributed by atoms with van der Waals surface area (Å²) in [5.74, 6) is -0.0125. The standard InChI is InChI=1S/C15H15BrN2O/c16-12-8-14(18(10-12)13-6-7-13)15(19)17-9-11-4-2-1-3-5-11/h1-5,8,10,13H,6-7,9H2,(H,17,19). The fourth-order valence-electron chi connectivity index (χ4n) is 2.15. The van der Waals surface area contributed by atoms with E-state index in [1.807, 2.05) is 42.6 Å². The molecule has 0 atom stereocenters. The average molecular weight is 319 g/mol. The summed E-state index contributed by atoms with van der Waals surface area (Å²) >= 11 is 3.44. The molecular weight excluding hydrogens is 304 g/mol. The molecule has 1 aromatic carbocycles. The number of amides is 1. The Morgan fingerprint density at radius 1 is 1.32 bits per heavy atom. The van der Waals surface area contributed by atoms with Crippen molar-refractivity contribution in [3.05, 3.63) is 58.3 Å². The summed E-state index contributed by atoms with van der Waals surface area (Å²) in [5, 5.41) is 2.97. The van der Waals surface area contributed by atoms with Crippen molar-refractivity contribution in [1.29, 1.82) is 0 Å². The van der Waals surface area contributed by atoms with Crippen LogP contribution in [0.5, 0.6) is 0 Å². The van der Waals surface area contributed by atoms with Crippen LogP contribution >= 0.6 is 15.9 Å².